The summed E-state index contributed by atoms with van der Waals surface area (Å²) >= 11 is 3.45. The average Bonchev–Trinajstić information content (AvgIpc) is 2.29. The van der Waals surface area contributed by atoms with Crippen LogP contribution in [-0.4, -0.2) is 5.78 Å². The molecule has 0 aliphatic rings. The summed E-state index contributed by atoms with van der Waals surface area (Å²) in [6, 6.07) is 7.86. The van der Waals surface area contributed by atoms with Gasteiger partial charge in [0.15, 0.2) is 5.78 Å². The zero-order valence-electron chi connectivity index (χ0n) is 9.79. The summed E-state index contributed by atoms with van der Waals surface area (Å²) in [4.78, 5) is 11.8. The monoisotopic (exact) mass is 280 g/mol. The van der Waals surface area contributed by atoms with Gasteiger partial charge in [0.05, 0.1) is 0 Å². The molecule has 0 unspecified atom stereocenters. The van der Waals surface area contributed by atoms with Gasteiger partial charge in [0.1, 0.15) is 0 Å². The lowest BCUT2D eigenvalue weighted by Crippen LogP contribution is -2.00. The number of ketones is 1. The quantitative estimate of drug-likeness (QED) is 0.735. The SMILES string of the molecule is CCC(=CC(=O)Cc1ccccc1Br)CC. The number of benzene rings is 1. The molecule has 1 nitrogen and oxygen atoms in total. The van der Waals surface area contributed by atoms with Crippen molar-refractivity contribution in [3.63, 3.8) is 0 Å². The van der Waals surface area contributed by atoms with Crippen molar-refractivity contribution in [3.05, 3.63) is 46.0 Å². The van der Waals surface area contributed by atoms with Gasteiger partial charge in [-0.25, -0.2) is 0 Å². The van der Waals surface area contributed by atoms with E-state index in [1.165, 1.54) is 5.57 Å². The Morgan fingerprint density at radius 2 is 1.88 bits per heavy atom. The van der Waals surface area contributed by atoms with E-state index < -0.39 is 0 Å². The van der Waals surface area contributed by atoms with Crippen LogP contribution in [0, 0.1) is 0 Å². The molecule has 0 aliphatic carbocycles. The van der Waals surface area contributed by atoms with Crippen molar-refractivity contribution in [1.29, 1.82) is 0 Å². The molecule has 0 aliphatic heterocycles. The van der Waals surface area contributed by atoms with Crippen LogP contribution in [0.25, 0.3) is 0 Å². The van der Waals surface area contributed by atoms with Crippen molar-refractivity contribution in [2.24, 2.45) is 0 Å². The van der Waals surface area contributed by atoms with E-state index in [2.05, 4.69) is 29.8 Å². The van der Waals surface area contributed by atoms with Crippen molar-refractivity contribution < 1.29 is 4.79 Å². The second-order valence-electron chi connectivity index (χ2n) is 3.74. The van der Waals surface area contributed by atoms with E-state index >= 15 is 0 Å². The fourth-order valence-electron chi connectivity index (χ4n) is 1.56. The second kappa shape index (κ2) is 6.64. The highest BCUT2D eigenvalue weighted by atomic mass is 79.9. The van der Waals surface area contributed by atoms with Crippen LogP contribution in [0.4, 0.5) is 0 Å². The molecule has 1 aromatic rings. The molecule has 0 N–H and O–H groups in total. The summed E-state index contributed by atoms with van der Waals surface area (Å²) < 4.78 is 1.01. The number of allylic oxidation sites excluding steroid dienone is 2. The Labute approximate surface area is 106 Å². The largest absolute Gasteiger partial charge is 0.294 e. The van der Waals surface area contributed by atoms with E-state index in [-0.39, 0.29) is 5.78 Å². The molecule has 86 valence electrons. The normalized spacial score (nSPS) is 9.94. The first-order valence-corrected chi connectivity index (χ1v) is 6.42. The summed E-state index contributed by atoms with van der Waals surface area (Å²) in [5, 5.41) is 0. The van der Waals surface area contributed by atoms with E-state index in [1.54, 1.807) is 6.08 Å². The minimum Gasteiger partial charge on any atom is -0.294 e. The third-order valence-electron chi connectivity index (χ3n) is 2.60. The number of carbonyl (C=O) groups excluding carboxylic acids is 1. The predicted molar refractivity (Wildman–Crippen MR) is 71.5 cm³/mol. The first-order chi connectivity index (χ1) is 7.67. The maximum atomic E-state index is 11.8. The van der Waals surface area contributed by atoms with Gasteiger partial charge in [-0.05, 0) is 30.5 Å². The highest BCUT2D eigenvalue weighted by molar-refractivity contribution is 9.10. The standard InChI is InChI=1S/C14H17BrO/c1-3-11(4-2)9-13(16)10-12-7-5-6-8-14(12)15/h5-9H,3-4,10H2,1-2H3. The van der Waals surface area contributed by atoms with Crippen LogP contribution in [0.15, 0.2) is 40.4 Å². The Bertz CT molecular complexity index is 387. The maximum absolute atomic E-state index is 11.8. The molecule has 0 bridgehead atoms. The Morgan fingerprint density at radius 3 is 2.44 bits per heavy atom. The van der Waals surface area contributed by atoms with Crippen LogP contribution in [0.5, 0.6) is 0 Å². The molecule has 0 heterocycles. The summed E-state index contributed by atoms with van der Waals surface area (Å²) in [5.41, 5.74) is 2.27. The van der Waals surface area contributed by atoms with Gasteiger partial charge >= 0.3 is 0 Å². The average molecular weight is 281 g/mol. The molecule has 0 saturated carbocycles. The Kier molecular flexibility index (Phi) is 5.47. The molecule has 1 rings (SSSR count). The van der Waals surface area contributed by atoms with Gasteiger partial charge in [-0.2, -0.15) is 0 Å². The maximum Gasteiger partial charge on any atom is 0.160 e. The van der Waals surface area contributed by atoms with Crippen molar-refractivity contribution in [3.8, 4) is 0 Å². The van der Waals surface area contributed by atoms with Gasteiger partial charge in [0.25, 0.3) is 0 Å². The number of hydrogen-bond acceptors (Lipinski definition) is 1. The summed E-state index contributed by atoms with van der Waals surface area (Å²) in [6.07, 6.45) is 4.18. The van der Waals surface area contributed by atoms with Crippen molar-refractivity contribution >= 4 is 21.7 Å². The molecular formula is C14H17BrO. The lowest BCUT2D eigenvalue weighted by Gasteiger charge is -2.03. The second-order valence-corrected chi connectivity index (χ2v) is 4.60. The molecule has 0 aromatic heterocycles. The van der Waals surface area contributed by atoms with Gasteiger partial charge in [-0.3, -0.25) is 4.79 Å². The van der Waals surface area contributed by atoms with Gasteiger partial charge in [-0.15, -0.1) is 0 Å². The first kappa shape index (κ1) is 13.2. The van der Waals surface area contributed by atoms with Crippen LogP contribution in [-0.2, 0) is 11.2 Å². The van der Waals surface area contributed by atoms with E-state index in [0.29, 0.717) is 6.42 Å². The predicted octanol–water partition coefficient (Wildman–Crippen LogP) is 4.31. The highest BCUT2D eigenvalue weighted by Gasteiger charge is 2.04. The third-order valence-corrected chi connectivity index (χ3v) is 3.37. The zero-order chi connectivity index (χ0) is 12.0. The molecule has 16 heavy (non-hydrogen) atoms. The minimum atomic E-state index is 0.186. The van der Waals surface area contributed by atoms with Gasteiger partial charge in [0.2, 0.25) is 0 Å². The lowest BCUT2D eigenvalue weighted by molar-refractivity contribution is -0.114. The van der Waals surface area contributed by atoms with E-state index in [9.17, 15) is 4.79 Å². The number of carbonyl (C=O) groups is 1. The van der Waals surface area contributed by atoms with E-state index in [0.717, 1.165) is 22.9 Å². The molecule has 0 saturated heterocycles. The summed E-state index contributed by atoms with van der Waals surface area (Å²) in [7, 11) is 0. The van der Waals surface area contributed by atoms with Crippen molar-refractivity contribution in [1.82, 2.24) is 0 Å². The molecule has 0 fully saturated rings. The van der Waals surface area contributed by atoms with Gasteiger partial charge in [-0.1, -0.05) is 53.5 Å². The summed E-state index contributed by atoms with van der Waals surface area (Å²) in [5.74, 6) is 0.186. The Morgan fingerprint density at radius 1 is 1.25 bits per heavy atom. The van der Waals surface area contributed by atoms with Crippen molar-refractivity contribution in [2.75, 3.05) is 0 Å². The molecular weight excluding hydrogens is 264 g/mol. The van der Waals surface area contributed by atoms with Gasteiger partial charge < -0.3 is 0 Å². The molecule has 0 radical (unpaired) electrons. The van der Waals surface area contributed by atoms with Crippen molar-refractivity contribution in [2.45, 2.75) is 33.1 Å². The lowest BCUT2D eigenvalue weighted by atomic mass is 10.0. The molecule has 0 amide bonds. The fourth-order valence-corrected chi connectivity index (χ4v) is 1.99. The Hall–Kier alpha value is -0.890. The molecule has 1 aromatic carbocycles. The zero-order valence-corrected chi connectivity index (χ0v) is 11.4. The molecule has 0 atom stereocenters. The van der Waals surface area contributed by atoms with E-state index in [1.807, 2.05) is 24.3 Å². The smallest absolute Gasteiger partial charge is 0.160 e. The number of rotatable bonds is 5. The van der Waals surface area contributed by atoms with Crippen LogP contribution in [0.2, 0.25) is 0 Å². The topological polar surface area (TPSA) is 17.1 Å². The first-order valence-electron chi connectivity index (χ1n) is 5.63. The highest BCUT2D eigenvalue weighted by Crippen LogP contribution is 2.17. The third kappa shape index (κ3) is 3.93. The number of hydrogen-bond donors (Lipinski definition) is 0. The van der Waals surface area contributed by atoms with E-state index in [4.69, 9.17) is 0 Å². The summed E-state index contributed by atoms with van der Waals surface area (Å²) in [6.45, 7) is 4.17. The fraction of sp³-hybridized carbons (Fsp3) is 0.357. The molecule has 0 spiro atoms. The van der Waals surface area contributed by atoms with Crippen LogP contribution in [0.3, 0.4) is 0 Å². The van der Waals surface area contributed by atoms with Gasteiger partial charge in [0, 0.05) is 10.9 Å². The van der Waals surface area contributed by atoms with Crippen LogP contribution < -0.4 is 0 Å². The van der Waals surface area contributed by atoms with Crippen LogP contribution >= 0.6 is 15.9 Å². The molecule has 2 heteroatoms. The minimum absolute atomic E-state index is 0.186. The van der Waals surface area contributed by atoms with Crippen LogP contribution in [0.1, 0.15) is 32.3 Å². The Balaban J connectivity index is 2.72. The number of halogens is 1.